The smallest absolute Gasteiger partial charge is 0.137 e. The van der Waals surface area contributed by atoms with Gasteiger partial charge in [-0.15, -0.1) is 0 Å². The summed E-state index contributed by atoms with van der Waals surface area (Å²) in [5, 5.41) is 0. The summed E-state index contributed by atoms with van der Waals surface area (Å²) in [7, 11) is 0. The molecule has 0 aliphatic carbocycles. The standard InChI is InChI=1S/C24H24N4/c1-17-6-8-19(9-7-17)24-22(28-15-21(25)10-11-23(28)26-24)16-27-13-12-18-4-2-3-5-20(18)14-27/h2-11,15H,12-14,16,25H2,1H3. The Labute approximate surface area is 165 Å². The van der Waals surface area contributed by atoms with E-state index < -0.39 is 0 Å². The molecule has 0 fully saturated rings. The fourth-order valence-electron chi connectivity index (χ4n) is 4.10. The molecular weight excluding hydrogens is 344 g/mol. The minimum atomic E-state index is 0.755. The molecule has 28 heavy (non-hydrogen) atoms. The Morgan fingerprint density at radius 1 is 0.964 bits per heavy atom. The van der Waals surface area contributed by atoms with E-state index in [9.17, 15) is 0 Å². The van der Waals surface area contributed by atoms with Gasteiger partial charge in [0, 0.05) is 37.1 Å². The van der Waals surface area contributed by atoms with Gasteiger partial charge in [-0.3, -0.25) is 4.90 Å². The van der Waals surface area contributed by atoms with Gasteiger partial charge < -0.3 is 10.1 Å². The van der Waals surface area contributed by atoms with E-state index in [0.717, 1.165) is 48.6 Å². The summed E-state index contributed by atoms with van der Waals surface area (Å²) in [4.78, 5) is 7.45. The molecule has 2 aromatic carbocycles. The molecule has 1 aliphatic rings. The first-order chi connectivity index (χ1) is 13.7. The second-order valence-electron chi connectivity index (χ2n) is 7.69. The molecule has 0 spiro atoms. The molecule has 140 valence electrons. The maximum atomic E-state index is 6.09. The van der Waals surface area contributed by atoms with Crippen LogP contribution < -0.4 is 5.73 Å². The van der Waals surface area contributed by atoms with E-state index in [4.69, 9.17) is 10.7 Å². The molecule has 0 bridgehead atoms. The number of aromatic nitrogens is 2. The molecule has 1 aliphatic heterocycles. The summed E-state index contributed by atoms with van der Waals surface area (Å²) < 4.78 is 2.16. The van der Waals surface area contributed by atoms with E-state index in [1.807, 2.05) is 18.3 Å². The Hall–Kier alpha value is -3.11. The molecule has 0 saturated carbocycles. The molecule has 4 nitrogen and oxygen atoms in total. The minimum Gasteiger partial charge on any atom is -0.398 e. The van der Waals surface area contributed by atoms with Crippen molar-refractivity contribution in [2.75, 3.05) is 12.3 Å². The number of nitrogens with zero attached hydrogens (tertiary/aromatic N) is 3. The van der Waals surface area contributed by atoms with Gasteiger partial charge in [-0.05, 0) is 36.6 Å². The van der Waals surface area contributed by atoms with Crippen LogP contribution in [0.15, 0.2) is 66.9 Å². The number of fused-ring (bicyclic) bond motifs is 2. The SMILES string of the molecule is Cc1ccc(-c2nc3ccc(N)cn3c2CN2CCc3ccccc3C2)cc1. The number of imidazole rings is 1. The van der Waals surface area contributed by atoms with Crippen LogP contribution >= 0.6 is 0 Å². The van der Waals surface area contributed by atoms with Gasteiger partial charge in [-0.2, -0.15) is 0 Å². The summed E-state index contributed by atoms with van der Waals surface area (Å²) >= 11 is 0. The van der Waals surface area contributed by atoms with Crippen molar-refractivity contribution >= 4 is 11.3 Å². The summed E-state index contributed by atoms with van der Waals surface area (Å²) in [6, 6.07) is 21.3. The van der Waals surface area contributed by atoms with Gasteiger partial charge in [0.05, 0.1) is 11.4 Å². The highest BCUT2D eigenvalue weighted by atomic mass is 15.2. The Bertz CT molecular complexity index is 1140. The van der Waals surface area contributed by atoms with Gasteiger partial charge in [0.2, 0.25) is 0 Å². The summed E-state index contributed by atoms with van der Waals surface area (Å²) in [6.45, 7) is 4.99. The average molecular weight is 368 g/mol. The lowest BCUT2D eigenvalue weighted by molar-refractivity contribution is 0.242. The maximum Gasteiger partial charge on any atom is 0.137 e. The third-order valence-electron chi connectivity index (χ3n) is 5.65. The number of hydrogen-bond donors (Lipinski definition) is 1. The van der Waals surface area contributed by atoms with Crippen molar-refractivity contribution in [3.63, 3.8) is 0 Å². The molecule has 4 aromatic rings. The first-order valence-electron chi connectivity index (χ1n) is 9.80. The van der Waals surface area contributed by atoms with Crippen LogP contribution in [0.5, 0.6) is 0 Å². The van der Waals surface area contributed by atoms with Crippen LogP contribution in [0.25, 0.3) is 16.9 Å². The van der Waals surface area contributed by atoms with Gasteiger partial charge in [0.25, 0.3) is 0 Å². The second-order valence-corrected chi connectivity index (χ2v) is 7.69. The lowest BCUT2D eigenvalue weighted by atomic mass is 9.99. The van der Waals surface area contributed by atoms with Crippen molar-refractivity contribution in [1.82, 2.24) is 14.3 Å². The van der Waals surface area contributed by atoms with E-state index in [0.29, 0.717) is 0 Å². The molecule has 0 radical (unpaired) electrons. The summed E-state index contributed by atoms with van der Waals surface area (Å²) in [6.07, 6.45) is 3.09. The monoisotopic (exact) mass is 368 g/mol. The van der Waals surface area contributed by atoms with E-state index in [1.54, 1.807) is 0 Å². The zero-order chi connectivity index (χ0) is 19.1. The van der Waals surface area contributed by atoms with E-state index in [1.165, 1.54) is 22.4 Å². The van der Waals surface area contributed by atoms with Gasteiger partial charge in [0.15, 0.2) is 0 Å². The first-order valence-corrected chi connectivity index (χ1v) is 9.80. The average Bonchev–Trinajstić information content (AvgIpc) is 3.06. The fourth-order valence-corrected chi connectivity index (χ4v) is 4.10. The first kappa shape index (κ1) is 17.0. The summed E-state index contributed by atoms with van der Waals surface area (Å²) in [5.74, 6) is 0. The van der Waals surface area contributed by atoms with Crippen molar-refractivity contribution in [2.45, 2.75) is 26.4 Å². The number of hydrogen-bond acceptors (Lipinski definition) is 3. The zero-order valence-electron chi connectivity index (χ0n) is 16.1. The second kappa shape index (κ2) is 6.80. The molecule has 0 atom stereocenters. The van der Waals surface area contributed by atoms with Crippen LogP contribution in [-0.4, -0.2) is 20.8 Å². The predicted octanol–water partition coefficient (Wildman–Crippen LogP) is 4.45. The Kier molecular flexibility index (Phi) is 4.14. The van der Waals surface area contributed by atoms with Crippen LogP contribution in [0.4, 0.5) is 5.69 Å². The lowest BCUT2D eigenvalue weighted by Crippen LogP contribution is -2.30. The Morgan fingerprint density at radius 3 is 2.57 bits per heavy atom. The molecule has 4 heteroatoms. The normalized spacial score (nSPS) is 14.3. The van der Waals surface area contributed by atoms with Gasteiger partial charge in [0.1, 0.15) is 5.65 Å². The Morgan fingerprint density at radius 2 is 1.75 bits per heavy atom. The van der Waals surface area contributed by atoms with Crippen LogP contribution in [0, 0.1) is 6.92 Å². The van der Waals surface area contributed by atoms with E-state index in [2.05, 4.69) is 64.8 Å². The van der Waals surface area contributed by atoms with Crippen LogP contribution in [0.3, 0.4) is 0 Å². The quantitative estimate of drug-likeness (QED) is 0.581. The number of nitrogen functional groups attached to an aromatic ring is 1. The van der Waals surface area contributed by atoms with Gasteiger partial charge in [-0.1, -0.05) is 54.1 Å². The van der Waals surface area contributed by atoms with Crippen molar-refractivity contribution < 1.29 is 0 Å². The molecule has 2 aromatic heterocycles. The van der Waals surface area contributed by atoms with Crippen molar-refractivity contribution in [3.8, 4) is 11.3 Å². The number of benzene rings is 2. The van der Waals surface area contributed by atoms with Crippen molar-refractivity contribution in [1.29, 1.82) is 0 Å². The third kappa shape index (κ3) is 3.06. The van der Waals surface area contributed by atoms with Crippen LogP contribution in [0.2, 0.25) is 0 Å². The van der Waals surface area contributed by atoms with Crippen LogP contribution in [-0.2, 0) is 19.5 Å². The maximum absolute atomic E-state index is 6.09. The van der Waals surface area contributed by atoms with E-state index >= 15 is 0 Å². The number of nitrogens with two attached hydrogens (primary N) is 1. The molecule has 5 rings (SSSR count). The molecule has 3 heterocycles. The molecule has 0 amide bonds. The number of aryl methyl sites for hydroxylation is 1. The lowest BCUT2D eigenvalue weighted by Gasteiger charge is -2.28. The van der Waals surface area contributed by atoms with Gasteiger partial charge >= 0.3 is 0 Å². The zero-order valence-corrected chi connectivity index (χ0v) is 16.1. The third-order valence-corrected chi connectivity index (χ3v) is 5.65. The van der Waals surface area contributed by atoms with Gasteiger partial charge in [-0.25, -0.2) is 4.98 Å². The molecule has 0 unspecified atom stereocenters. The highest BCUT2D eigenvalue weighted by molar-refractivity contribution is 5.67. The fraction of sp³-hybridized carbons (Fsp3) is 0.208. The topological polar surface area (TPSA) is 46.6 Å². The Balaban J connectivity index is 1.56. The highest BCUT2D eigenvalue weighted by Gasteiger charge is 2.21. The summed E-state index contributed by atoms with van der Waals surface area (Å²) in [5.41, 5.74) is 15.3. The number of pyridine rings is 1. The minimum absolute atomic E-state index is 0.755. The largest absolute Gasteiger partial charge is 0.398 e. The number of rotatable bonds is 3. The molecule has 2 N–H and O–H groups in total. The van der Waals surface area contributed by atoms with Crippen molar-refractivity contribution in [3.05, 3.63) is 89.2 Å². The predicted molar refractivity (Wildman–Crippen MR) is 114 cm³/mol. The molecular formula is C24H24N4. The van der Waals surface area contributed by atoms with E-state index in [-0.39, 0.29) is 0 Å². The molecule has 0 saturated heterocycles. The number of anilines is 1. The van der Waals surface area contributed by atoms with Crippen LogP contribution in [0.1, 0.15) is 22.4 Å². The van der Waals surface area contributed by atoms with Crippen molar-refractivity contribution in [2.24, 2.45) is 0 Å². The highest BCUT2D eigenvalue weighted by Crippen LogP contribution is 2.28.